The third-order valence-electron chi connectivity index (χ3n) is 4.80. The Morgan fingerprint density at radius 1 is 0.970 bits per heavy atom. The number of imide groups is 1. The number of nitrogens with one attached hydrogen (secondary N) is 1. The van der Waals surface area contributed by atoms with Crippen molar-refractivity contribution in [1.82, 2.24) is 4.90 Å². The van der Waals surface area contributed by atoms with Gasteiger partial charge in [0.05, 0.1) is 38.0 Å². The van der Waals surface area contributed by atoms with Gasteiger partial charge < -0.3 is 24.3 Å². The summed E-state index contributed by atoms with van der Waals surface area (Å²) in [5.41, 5.74) is 0.669. The molecule has 2 aromatic carbocycles. The molecule has 0 saturated carbocycles. The van der Waals surface area contributed by atoms with Gasteiger partial charge in [0.1, 0.15) is 0 Å². The Balaban J connectivity index is 1.66. The van der Waals surface area contributed by atoms with Crippen LogP contribution in [0, 0.1) is 0 Å². The van der Waals surface area contributed by atoms with Gasteiger partial charge in [-0.25, -0.2) is 4.79 Å². The molecule has 0 bridgehead atoms. The molecule has 33 heavy (non-hydrogen) atoms. The van der Waals surface area contributed by atoms with Crippen molar-refractivity contribution in [3.05, 3.63) is 59.7 Å². The van der Waals surface area contributed by atoms with Crippen molar-refractivity contribution in [2.24, 2.45) is 0 Å². The van der Waals surface area contributed by atoms with Gasteiger partial charge in [0.25, 0.3) is 17.7 Å². The Hall–Kier alpha value is -4.34. The van der Waals surface area contributed by atoms with Gasteiger partial charge in [0.2, 0.25) is 5.75 Å². The van der Waals surface area contributed by atoms with Crippen molar-refractivity contribution in [3.8, 4) is 17.2 Å². The Labute approximate surface area is 189 Å². The summed E-state index contributed by atoms with van der Waals surface area (Å²) in [6, 6.07) is 7.07. The van der Waals surface area contributed by atoms with Crippen LogP contribution < -0.4 is 19.5 Å². The third kappa shape index (κ3) is 4.64. The maximum atomic E-state index is 12.4. The van der Waals surface area contributed by atoms with Crippen LogP contribution >= 0.6 is 0 Å². The molecular weight excluding hydrogens is 432 g/mol. The molecule has 0 spiro atoms. The number of carbonyl (C=O) groups excluding carboxylic acids is 4. The van der Waals surface area contributed by atoms with Crippen molar-refractivity contribution >= 4 is 29.4 Å². The normalized spacial score (nSPS) is 12.2. The fourth-order valence-corrected chi connectivity index (χ4v) is 3.28. The maximum absolute atomic E-state index is 12.4. The summed E-state index contributed by atoms with van der Waals surface area (Å²) in [5.74, 6) is -1.37. The number of nitrogens with zero attached hydrogens (tertiary/aromatic N) is 1. The van der Waals surface area contributed by atoms with Gasteiger partial charge in [-0.05, 0) is 18.2 Å². The van der Waals surface area contributed by atoms with E-state index in [0.717, 1.165) is 4.90 Å². The number of amides is 3. The molecule has 1 N–H and O–H groups in total. The van der Waals surface area contributed by atoms with Crippen LogP contribution in [0.1, 0.15) is 31.1 Å². The molecular formula is C23H22N2O8. The Morgan fingerprint density at radius 3 is 2.18 bits per heavy atom. The topological polar surface area (TPSA) is 120 Å². The Kier molecular flexibility index (Phi) is 6.97. The fraction of sp³-hybridized carbons (Fsp3) is 0.217. The van der Waals surface area contributed by atoms with E-state index in [1.54, 1.807) is 0 Å². The smallest absolute Gasteiger partial charge is 0.338 e. The van der Waals surface area contributed by atoms with Crippen molar-refractivity contribution in [2.75, 3.05) is 39.8 Å². The number of esters is 1. The van der Waals surface area contributed by atoms with Gasteiger partial charge in [-0.15, -0.1) is 6.58 Å². The van der Waals surface area contributed by atoms with Gasteiger partial charge in [0, 0.05) is 24.4 Å². The first-order valence-electron chi connectivity index (χ1n) is 9.72. The van der Waals surface area contributed by atoms with Crippen molar-refractivity contribution < 1.29 is 38.1 Å². The molecule has 0 unspecified atom stereocenters. The molecule has 0 aromatic heterocycles. The van der Waals surface area contributed by atoms with E-state index in [0.29, 0.717) is 22.9 Å². The van der Waals surface area contributed by atoms with Crippen LogP contribution in [0.2, 0.25) is 0 Å². The molecule has 10 nitrogen and oxygen atoms in total. The molecule has 3 rings (SSSR count). The molecule has 0 radical (unpaired) electrons. The summed E-state index contributed by atoms with van der Waals surface area (Å²) in [4.78, 5) is 50.4. The zero-order valence-electron chi connectivity index (χ0n) is 18.3. The number of rotatable bonds is 9. The van der Waals surface area contributed by atoms with Crippen molar-refractivity contribution in [2.45, 2.75) is 0 Å². The molecule has 0 atom stereocenters. The van der Waals surface area contributed by atoms with Crippen LogP contribution in [0.25, 0.3) is 0 Å². The lowest BCUT2D eigenvalue weighted by atomic mass is 10.1. The zero-order valence-corrected chi connectivity index (χ0v) is 18.3. The lowest BCUT2D eigenvalue weighted by Crippen LogP contribution is -2.29. The van der Waals surface area contributed by atoms with E-state index < -0.39 is 30.3 Å². The second kappa shape index (κ2) is 9.86. The predicted molar refractivity (Wildman–Crippen MR) is 117 cm³/mol. The molecule has 10 heteroatoms. The number of carbonyl (C=O) groups is 4. The van der Waals surface area contributed by atoms with Crippen LogP contribution in [-0.4, -0.2) is 63.1 Å². The molecule has 0 saturated heterocycles. The van der Waals surface area contributed by atoms with E-state index in [1.165, 1.54) is 57.7 Å². The van der Waals surface area contributed by atoms with Crippen LogP contribution in [0.15, 0.2) is 43.0 Å². The number of methoxy groups -OCH3 is 3. The predicted octanol–water partition coefficient (Wildman–Crippen LogP) is 2.29. The summed E-state index contributed by atoms with van der Waals surface area (Å²) < 4.78 is 20.7. The zero-order chi connectivity index (χ0) is 24.1. The molecule has 1 aliphatic rings. The highest BCUT2D eigenvalue weighted by molar-refractivity contribution is 6.22. The number of hydrogen-bond acceptors (Lipinski definition) is 8. The van der Waals surface area contributed by atoms with Crippen LogP contribution in [-0.2, 0) is 9.53 Å². The first-order valence-corrected chi connectivity index (χ1v) is 9.72. The number of hydrogen-bond donors (Lipinski definition) is 1. The SMILES string of the molecule is C=CCN1C(=O)c2ccc(C(=O)OCC(=O)Nc3cc(OC)c(OC)c(OC)c3)cc2C1=O. The van der Waals surface area contributed by atoms with Gasteiger partial charge in [-0.2, -0.15) is 0 Å². The minimum Gasteiger partial charge on any atom is -0.493 e. The van der Waals surface area contributed by atoms with Gasteiger partial charge in [0.15, 0.2) is 18.1 Å². The molecule has 0 aliphatic carbocycles. The van der Waals surface area contributed by atoms with E-state index in [2.05, 4.69) is 11.9 Å². The molecule has 0 fully saturated rings. The van der Waals surface area contributed by atoms with Crippen molar-refractivity contribution in [3.63, 3.8) is 0 Å². The molecule has 172 valence electrons. The lowest BCUT2D eigenvalue weighted by molar-refractivity contribution is -0.119. The molecule has 2 aromatic rings. The highest BCUT2D eigenvalue weighted by Crippen LogP contribution is 2.39. The van der Waals surface area contributed by atoms with Crippen LogP contribution in [0.5, 0.6) is 17.2 Å². The average Bonchev–Trinajstić information content (AvgIpc) is 3.06. The maximum Gasteiger partial charge on any atom is 0.338 e. The Bertz CT molecular complexity index is 1120. The number of ether oxygens (including phenoxy) is 4. The quantitative estimate of drug-likeness (QED) is 0.348. The summed E-state index contributed by atoms with van der Waals surface area (Å²) >= 11 is 0. The van der Waals surface area contributed by atoms with Crippen LogP contribution in [0.4, 0.5) is 5.69 Å². The molecule has 1 aliphatic heterocycles. The first-order chi connectivity index (χ1) is 15.8. The number of fused-ring (bicyclic) bond motifs is 1. The third-order valence-corrected chi connectivity index (χ3v) is 4.80. The van der Waals surface area contributed by atoms with E-state index in [4.69, 9.17) is 18.9 Å². The monoisotopic (exact) mass is 454 g/mol. The van der Waals surface area contributed by atoms with E-state index in [-0.39, 0.29) is 23.2 Å². The molecule has 1 heterocycles. The summed E-state index contributed by atoms with van der Waals surface area (Å²) in [5, 5.41) is 2.58. The fourth-order valence-electron chi connectivity index (χ4n) is 3.28. The minimum absolute atomic E-state index is 0.0379. The summed E-state index contributed by atoms with van der Waals surface area (Å²) in [6.45, 7) is 3.00. The van der Waals surface area contributed by atoms with Crippen LogP contribution in [0.3, 0.4) is 0 Å². The second-order valence-corrected chi connectivity index (χ2v) is 6.81. The largest absolute Gasteiger partial charge is 0.493 e. The lowest BCUT2D eigenvalue weighted by Gasteiger charge is -2.14. The highest BCUT2D eigenvalue weighted by atomic mass is 16.5. The number of benzene rings is 2. The van der Waals surface area contributed by atoms with E-state index in [9.17, 15) is 19.2 Å². The minimum atomic E-state index is -0.819. The van der Waals surface area contributed by atoms with E-state index in [1.807, 2.05) is 0 Å². The standard InChI is InChI=1S/C23H22N2O8/c1-5-8-25-21(27)15-7-6-13(9-16(15)22(25)28)23(29)33-12-19(26)24-14-10-17(30-2)20(32-4)18(11-14)31-3/h5-7,9-11H,1,8,12H2,2-4H3,(H,24,26). The summed E-state index contributed by atoms with van der Waals surface area (Å²) in [7, 11) is 4.34. The highest BCUT2D eigenvalue weighted by Gasteiger charge is 2.35. The van der Waals surface area contributed by atoms with Gasteiger partial charge >= 0.3 is 5.97 Å². The van der Waals surface area contributed by atoms with Gasteiger partial charge in [-0.1, -0.05) is 6.08 Å². The van der Waals surface area contributed by atoms with Gasteiger partial charge in [-0.3, -0.25) is 19.3 Å². The molecule has 3 amide bonds. The Morgan fingerprint density at radius 2 is 1.61 bits per heavy atom. The average molecular weight is 454 g/mol. The van der Waals surface area contributed by atoms with Crippen molar-refractivity contribution in [1.29, 1.82) is 0 Å². The van der Waals surface area contributed by atoms with E-state index >= 15 is 0 Å². The second-order valence-electron chi connectivity index (χ2n) is 6.81. The first kappa shape index (κ1) is 23.3. The number of anilines is 1. The summed E-state index contributed by atoms with van der Waals surface area (Å²) in [6.07, 6.45) is 1.43.